The van der Waals surface area contributed by atoms with Crippen molar-refractivity contribution in [3.8, 4) is 0 Å². The second-order valence-electron chi connectivity index (χ2n) is 5.41. The van der Waals surface area contributed by atoms with Crippen LogP contribution in [0, 0.1) is 5.41 Å². The Hall–Kier alpha value is -0.890. The van der Waals surface area contributed by atoms with Gasteiger partial charge in [0.2, 0.25) is 0 Å². The minimum atomic E-state index is 0.134. The third-order valence-electron chi connectivity index (χ3n) is 4.29. The van der Waals surface area contributed by atoms with Gasteiger partial charge in [0, 0.05) is 6.20 Å². The fourth-order valence-electron chi connectivity index (χ4n) is 2.95. The first-order chi connectivity index (χ1) is 8.28. The predicted molar refractivity (Wildman–Crippen MR) is 71.6 cm³/mol. The van der Waals surface area contributed by atoms with E-state index in [0.29, 0.717) is 5.41 Å². The Morgan fingerprint density at radius 3 is 2.71 bits per heavy atom. The van der Waals surface area contributed by atoms with Crippen molar-refractivity contribution < 1.29 is 0 Å². The van der Waals surface area contributed by atoms with Crippen LogP contribution in [0.5, 0.6) is 0 Å². The summed E-state index contributed by atoms with van der Waals surface area (Å²) in [5.41, 5.74) is 7.88. The molecular formula is C15H24N2. The highest BCUT2D eigenvalue weighted by molar-refractivity contribution is 5.14. The normalized spacial score (nSPS) is 19.6. The Morgan fingerprint density at radius 2 is 2.18 bits per heavy atom. The summed E-state index contributed by atoms with van der Waals surface area (Å²) in [6.45, 7) is 2.26. The summed E-state index contributed by atoms with van der Waals surface area (Å²) in [4.78, 5) is 4.43. The maximum Gasteiger partial charge on any atom is 0.0576 e. The molecule has 94 valence electrons. The van der Waals surface area contributed by atoms with Gasteiger partial charge in [0.15, 0.2) is 0 Å². The van der Waals surface area contributed by atoms with Crippen molar-refractivity contribution in [2.75, 3.05) is 0 Å². The molecule has 0 spiro atoms. The molecule has 17 heavy (non-hydrogen) atoms. The average molecular weight is 232 g/mol. The van der Waals surface area contributed by atoms with Gasteiger partial charge in [0.05, 0.1) is 11.7 Å². The molecule has 1 aliphatic rings. The number of pyridine rings is 1. The topological polar surface area (TPSA) is 38.9 Å². The molecule has 2 nitrogen and oxygen atoms in total. The van der Waals surface area contributed by atoms with Crippen molar-refractivity contribution in [2.45, 2.75) is 57.9 Å². The van der Waals surface area contributed by atoms with E-state index in [1.54, 1.807) is 0 Å². The van der Waals surface area contributed by atoms with E-state index in [1.165, 1.54) is 44.9 Å². The van der Waals surface area contributed by atoms with Crippen molar-refractivity contribution in [2.24, 2.45) is 11.1 Å². The van der Waals surface area contributed by atoms with Crippen LogP contribution in [-0.2, 0) is 0 Å². The average Bonchev–Trinajstić information content (AvgIpc) is 2.33. The predicted octanol–water partition coefficient (Wildman–Crippen LogP) is 3.83. The Morgan fingerprint density at radius 1 is 1.35 bits per heavy atom. The highest BCUT2D eigenvalue weighted by atomic mass is 14.8. The Labute approximate surface area is 105 Å². The Balaban J connectivity index is 2.02. The SMILES string of the molecule is CCCCCC1(C(N)c2ccccn2)CCC1. The fraction of sp³-hybridized carbons (Fsp3) is 0.667. The fourth-order valence-corrected chi connectivity index (χ4v) is 2.95. The van der Waals surface area contributed by atoms with E-state index >= 15 is 0 Å². The van der Waals surface area contributed by atoms with Crippen LogP contribution in [0.3, 0.4) is 0 Å². The van der Waals surface area contributed by atoms with Crippen molar-refractivity contribution >= 4 is 0 Å². The van der Waals surface area contributed by atoms with Gasteiger partial charge in [-0.25, -0.2) is 0 Å². The van der Waals surface area contributed by atoms with Gasteiger partial charge in [0.25, 0.3) is 0 Å². The van der Waals surface area contributed by atoms with E-state index < -0.39 is 0 Å². The van der Waals surface area contributed by atoms with Gasteiger partial charge in [-0.2, -0.15) is 0 Å². The second-order valence-corrected chi connectivity index (χ2v) is 5.41. The molecule has 0 aromatic carbocycles. The minimum Gasteiger partial charge on any atom is -0.322 e. The van der Waals surface area contributed by atoms with Crippen LogP contribution in [0.25, 0.3) is 0 Å². The summed E-state index contributed by atoms with van der Waals surface area (Å²) in [7, 11) is 0. The van der Waals surface area contributed by atoms with Crippen LogP contribution in [0.2, 0.25) is 0 Å². The van der Waals surface area contributed by atoms with Crippen LogP contribution in [0.15, 0.2) is 24.4 Å². The van der Waals surface area contributed by atoms with Gasteiger partial charge in [-0.05, 0) is 36.8 Å². The monoisotopic (exact) mass is 232 g/mol. The number of nitrogens with zero attached hydrogens (tertiary/aromatic N) is 1. The summed E-state index contributed by atoms with van der Waals surface area (Å²) in [5.74, 6) is 0. The first-order valence-electron chi connectivity index (χ1n) is 6.95. The lowest BCUT2D eigenvalue weighted by Gasteiger charge is -2.46. The number of unbranched alkanes of at least 4 members (excludes halogenated alkanes) is 2. The lowest BCUT2D eigenvalue weighted by molar-refractivity contribution is 0.0758. The standard InChI is InChI=1S/C15H24N2/c1-2-3-5-9-15(10-7-11-15)14(16)13-8-4-6-12-17-13/h4,6,8,12,14H,2-3,5,7,9-11,16H2,1H3. The third-order valence-corrected chi connectivity index (χ3v) is 4.29. The molecule has 1 aliphatic carbocycles. The Bertz CT molecular complexity index is 330. The summed E-state index contributed by atoms with van der Waals surface area (Å²) in [6, 6.07) is 6.21. The molecule has 1 heterocycles. The summed E-state index contributed by atoms with van der Waals surface area (Å²) in [5, 5.41) is 0. The van der Waals surface area contributed by atoms with Gasteiger partial charge in [-0.15, -0.1) is 0 Å². The van der Waals surface area contributed by atoms with Crippen LogP contribution >= 0.6 is 0 Å². The van der Waals surface area contributed by atoms with Gasteiger partial charge in [-0.3, -0.25) is 4.98 Å². The summed E-state index contributed by atoms with van der Waals surface area (Å²) >= 11 is 0. The molecule has 2 N–H and O–H groups in total. The van der Waals surface area contributed by atoms with Crippen molar-refractivity contribution in [3.63, 3.8) is 0 Å². The Kier molecular flexibility index (Phi) is 4.16. The van der Waals surface area contributed by atoms with Crippen LogP contribution in [-0.4, -0.2) is 4.98 Å². The molecule has 1 fully saturated rings. The van der Waals surface area contributed by atoms with E-state index in [-0.39, 0.29) is 6.04 Å². The second kappa shape index (κ2) is 5.63. The van der Waals surface area contributed by atoms with Crippen LogP contribution in [0.1, 0.15) is 63.6 Å². The smallest absolute Gasteiger partial charge is 0.0576 e. The number of hydrogen-bond acceptors (Lipinski definition) is 2. The van der Waals surface area contributed by atoms with Gasteiger partial charge >= 0.3 is 0 Å². The molecule has 1 unspecified atom stereocenters. The number of nitrogens with two attached hydrogens (primary N) is 1. The maximum absolute atomic E-state index is 6.46. The number of aromatic nitrogens is 1. The largest absolute Gasteiger partial charge is 0.322 e. The molecule has 1 saturated carbocycles. The van der Waals surface area contributed by atoms with Gasteiger partial charge in [-0.1, -0.05) is 38.7 Å². The minimum absolute atomic E-state index is 0.134. The third kappa shape index (κ3) is 2.68. The zero-order valence-electron chi connectivity index (χ0n) is 10.9. The molecule has 0 radical (unpaired) electrons. The lowest BCUT2D eigenvalue weighted by atomic mass is 9.61. The van der Waals surface area contributed by atoms with Crippen molar-refractivity contribution in [1.82, 2.24) is 4.98 Å². The molecular weight excluding hydrogens is 208 g/mol. The van der Waals surface area contributed by atoms with Gasteiger partial charge in [0.1, 0.15) is 0 Å². The van der Waals surface area contributed by atoms with Crippen molar-refractivity contribution in [1.29, 1.82) is 0 Å². The molecule has 2 heteroatoms. The number of hydrogen-bond donors (Lipinski definition) is 1. The first kappa shape index (κ1) is 12.6. The highest BCUT2D eigenvalue weighted by Crippen LogP contribution is 2.52. The highest BCUT2D eigenvalue weighted by Gasteiger charge is 2.42. The first-order valence-corrected chi connectivity index (χ1v) is 6.95. The maximum atomic E-state index is 6.46. The molecule has 1 atom stereocenters. The molecule has 0 aliphatic heterocycles. The van der Waals surface area contributed by atoms with E-state index in [2.05, 4.69) is 18.0 Å². The van der Waals surface area contributed by atoms with Crippen LogP contribution < -0.4 is 5.73 Å². The van der Waals surface area contributed by atoms with E-state index in [1.807, 2.05) is 18.3 Å². The van der Waals surface area contributed by atoms with E-state index in [4.69, 9.17) is 5.73 Å². The molecule has 1 aromatic heterocycles. The molecule has 1 aromatic rings. The number of rotatable bonds is 6. The molecule has 0 amide bonds. The molecule has 2 rings (SSSR count). The lowest BCUT2D eigenvalue weighted by Crippen LogP contribution is -2.40. The van der Waals surface area contributed by atoms with Gasteiger partial charge < -0.3 is 5.73 Å². The van der Waals surface area contributed by atoms with E-state index in [9.17, 15) is 0 Å². The summed E-state index contributed by atoms with van der Waals surface area (Å²) in [6.07, 6.45) is 11.0. The van der Waals surface area contributed by atoms with Crippen LogP contribution in [0.4, 0.5) is 0 Å². The summed E-state index contributed by atoms with van der Waals surface area (Å²) < 4.78 is 0. The zero-order valence-corrected chi connectivity index (χ0v) is 10.9. The zero-order chi connectivity index (χ0) is 12.1. The quantitative estimate of drug-likeness (QED) is 0.757. The molecule has 0 saturated heterocycles. The van der Waals surface area contributed by atoms with Crippen molar-refractivity contribution in [3.05, 3.63) is 30.1 Å². The van der Waals surface area contributed by atoms with E-state index in [0.717, 1.165) is 5.69 Å². The molecule has 0 bridgehead atoms.